The number of aryl methyl sites for hydroxylation is 1. The maximum Gasteiger partial charge on any atom is 0.0886 e. The van der Waals surface area contributed by atoms with Gasteiger partial charge in [-0.3, -0.25) is 9.97 Å². The summed E-state index contributed by atoms with van der Waals surface area (Å²) < 4.78 is 0. The number of allylic oxidation sites excluding steroid dienone is 1. The zero-order valence-corrected chi connectivity index (χ0v) is 16.4. The maximum absolute atomic E-state index is 4.61. The summed E-state index contributed by atoms with van der Waals surface area (Å²) in [7, 11) is 0. The van der Waals surface area contributed by atoms with Gasteiger partial charge in [-0.1, -0.05) is 84.9 Å². The predicted molar refractivity (Wildman–Crippen MR) is 120 cm³/mol. The van der Waals surface area contributed by atoms with Crippen LogP contribution in [0.5, 0.6) is 0 Å². The van der Waals surface area contributed by atoms with Gasteiger partial charge < -0.3 is 0 Å². The first-order valence-electron chi connectivity index (χ1n) is 10.0. The lowest BCUT2D eigenvalue weighted by molar-refractivity contribution is 0.736. The molecule has 4 aromatic rings. The highest BCUT2D eigenvalue weighted by atomic mass is 14.8. The number of rotatable bonds is 7. The molecule has 0 aliphatic heterocycles. The number of hydrogen-bond donors (Lipinski definition) is 0. The fraction of sp³-hybridized carbons (Fsp3) is 0.111. The summed E-state index contributed by atoms with van der Waals surface area (Å²) in [5.41, 5.74) is 5.65. The molecule has 142 valence electrons. The molecule has 2 heterocycles. The van der Waals surface area contributed by atoms with Crippen LogP contribution in [0, 0.1) is 0 Å². The first-order chi connectivity index (χ1) is 14.4. The minimum absolute atomic E-state index is 0.367. The highest BCUT2D eigenvalue weighted by molar-refractivity contribution is 5.53. The fourth-order valence-electron chi connectivity index (χ4n) is 3.43. The zero-order valence-electron chi connectivity index (χ0n) is 16.4. The van der Waals surface area contributed by atoms with E-state index in [2.05, 4.69) is 88.9 Å². The average molecular weight is 377 g/mol. The molecule has 0 aliphatic rings. The molecule has 1 atom stereocenters. The van der Waals surface area contributed by atoms with Gasteiger partial charge in [-0.2, -0.15) is 0 Å². The van der Waals surface area contributed by atoms with E-state index in [9.17, 15) is 0 Å². The van der Waals surface area contributed by atoms with Crippen molar-refractivity contribution in [3.05, 3.63) is 126 Å². The van der Waals surface area contributed by atoms with E-state index in [0.29, 0.717) is 5.92 Å². The molecule has 0 saturated carbocycles. The summed E-state index contributed by atoms with van der Waals surface area (Å²) in [5.74, 6) is 0.367. The van der Waals surface area contributed by atoms with Crippen LogP contribution in [0.25, 0.3) is 17.5 Å². The molecule has 0 fully saturated rings. The SMILES string of the molecule is C(=C/C(CCc1ccc(-c2ccccn2)nc1)c1ccccc1)/c1ccccc1. The largest absolute Gasteiger partial charge is 0.255 e. The van der Waals surface area contributed by atoms with E-state index in [1.165, 1.54) is 16.7 Å². The maximum atomic E-state index is 4.61. The van der Waals surface area contributed by atoms with Gasteiger partial charge in [0.15, 0.2) is 0 Å². The molecule has 0 radical (unpaired) electrons. The van der Waals surface area contributed by atoms with Crippen LogP contribution in [0.4, 0.5) is 0 Å². The van der Waals surface area contributed by atoms with Crippen LogP contribution in [-0.2, 0) is 6.42 Å². The lowest BCUT2D eigenvalue weighted by atomic mass is 9.91. The molecular weight excluding hydrogens is 352 g/mol. The lowest BCUT2D eigenvalue weighted by Crippen LogP contribution is -1.99. The van der Waals surface area contributed by atoms with Gasteiger partial charge in [0.05, 0.1) is 11.4 Å². The number of pyridine rings is 2. The van der Waals surface area contributed by atoms with E-state index in [4.69, 9.17) is 0 Å². The van der Waals surface area contributed by atoms with E-state index in [1.807, 2.05) is 30.5 Å². The van der Waals surface area contributed by atoms with Crippen LogP contribution in [0.2, 0.25) is 0 Å². The van der Waals surface area contributed by atoms with Crippen molar-refractivity contribution in [3.63, 3.8) is 0 Å². The minimum Gasteiger partial charge on any atom is -0.255 e. The van der Waals surface area contributed by atoms with Crippen molar-refractivity contribution in [3.8, 4) is 11.4 Å². The Bertz CT molecular complexity index is 1020. The highest BCUT2D eigenvalue weighted by Gasteiger charge is 2.09. The zero-order chi connectivity index (χ0) is 19.7. The molecule has 0 amide bonds. The molecule has 0 N–H and O–H groups in total. The smallest absolute Gasteiger partial charge is 0.0886 e. The molecule has 2 heteroatoms. The Balaban J connectivity index is 1.47. The Morgan fingerprint density at radius 1 is 0.690 bits per heavy atom. The van der Waals surface area contributed by atoms with Crippen molar-refractivity contribution in [2.75, 3.05) is 0 Å². The normalized spacial score (nSPS) is 12.1. The molecule has 2 aromatic carbocycles. The van der Waals surface area contributed by atoms with Gasteiger partial charge in [-0.05, 0) is 47.7 Å². The van der Waals surface area contributed by atoms with Crippen molar-refractivity contribution in [1.82, 2.24) is 9.97 Å². The number of hydrogen-bond acceptors (Lipinski definition) is 2. The Hall–Kier alpha value is -3.52. The van der Waals surface area contributed by atoms with Gasteiger partial charge in [-0.25, -0.2) is 0 Å². The molecule has 2 nitrogen and oxygen atoms in total. The van der Waals surface area contributed by atoms with E-state index in [1.54, 1.807) is 6.20 Å². The Morgan fingerprint density at radius 2 is 1.41 bits per heavy atom. The summed E-state index contributed by atoms with van der Waals surface area (Å²) in [6, 6.07) is 31.3. The average Bonchev–Trinajstić information content (AvgIpc) is 2.81. The van der Waals surface area contributed by atoms with Gasteiger partial charge >= 0.3 is 0 Å². The summed E-state index contributed by atoms with van der Waals surface area (Å²) >= 11 is 0. The lowest BCUT2D eigenvalue weighted by Gasteiger charge is -2.14. The topological polar surface area (TPSA) is 25.8 Å². The summed E-state index contributed by atoms with van der Waals surface area (Å²) in [6.45, 7) is 0. The molecule has 1 unspecified atom stereocenters. The minimum atomic E-state index is 0.367. The Labute approximate surface area is 172 Å². The van der Waals surface area contributed by atoms with Crippen LogP contribution in [0.1, 0.15) is 29.0 Å². The van der Waals surface area contributed by atoms with Crippen molar-refractivity contribution in [2.45, 2.75) is 18.8 Å². The van der Waals surface area contributed by atoms with Crippen LogP contribution < -0.4 is 0 Å². The first-order valence-corrected chi connectivity index (χ1v) is 10.0. The second-order valence-corrected chi connectivity index (χ2v) is 7.09. The van der Waals surface area contributed by atoms with E-state index in [-0.39, 0.29) is 0 Å². The third-order valence-electron chi connectivity index (χ3n) is 5.04. The summed E-state index contributed by atoms with van der Waals surface area (Å²) in [5, 5.41) is 0. The second-order valence-electron chi connectivity index (χ2n) is 7.09. The Morgan fingerprint density at radius 3 is 2.10 bits per heavy atom. The van der Waals surface area contributed by atoms with Crippen molar-refractivity contribution >= 4 is 6.08 Å². The third-order valence-corrected chi connectivity index (χ3v) is 5.04. The quantitative estimate of drug-likeness (QED) is 0.364. The van der Waals surface area contributed by atoms with E-state index < -0.39 is 0 Å². The fourth-order valence-corrected chi connectivity index (χ4v) is 3.43. The standard InChI is InChI=1S/C27H24N2/c1-3-9-22(10-4-1)14-17-25(24-11-5-2-6-12-24)18-15-23-16-19-27(29-21-23)26-13-7-8-20-28-26/h1-14,16-17,19-21,25H,15,18H2/b17-14-. The van der Waals surface area contributed by atoms with Crippen LogP contribution in [0.3, 0.4) is 0 Å². The number of nitrogens with zero attached hydrogens (tertiary/aromatic N) is 2. The second kappa shape index (κ2) is 9.61. The van der Waals surface area contributed by atoms with Crippen LogP contribution in [-0.4, -0.2) is 9.97 Å². The number of benzene rings is 2. The number of aromatic nitrogens is 2. The Kier molecular flexibility index (Phi) is 6.24. The van der Waals surface area contributed by atoms with Gasteiger partial charge in [0, 0.05) is 18.3 Å². The first kappa shape index (κ1) is 18.8. The van der Waals surface area contributed by atoms with Crippen molar-refractivity contribution in [2.24, 2.45) is 0 Å². The summed E-state index contributed by atoms with van der Waals surface area (Å²) in [4.78, 5) is 8.99. The monoisotopic (exact) mass is 376 g/mol. The van der Waals surface area contributed by atoms with E-state index >= 15 is 0 Å². The molecule has 0 spiro atoms. The third kappa shape index (κ3) is 5.26. The highest BCUT2D eigenvalue weighted by Crippen LogP contribution is 2.25. The van der Waals surface area contributed by atoms with E-state index in [0.717, 1.165) is 24.2 Å². The molecule has 29 heavy (non-hydrogen) atoms. The van der Waals surface area contributed by atoms with Gasteiger partial charge in [-0.15, -0.1) is 0 Å². The van der Waals surface area contributed by atoms with Crippen molar-refractivity contribution < 1.29 is 0 Å². The molecule has 4 rings (SSSR count). The predicted octanol–water partition coefficient (Wildman–Crippen LogP) is 6.57. The van der Waals surface area contributed by atoms with Gasteiger partial charge in [0.2, 0.25) is 0 Å². The molecule has 0 bridgehead atoms. The van der Waals surface area contributed by atoms with Gasteiger partial charge in [0.25, 0.3) is 0 Å². The molecular formula is C27H24N2. The molecule has 0 saturated heterocycles. The van der Waals surface area contributed by atoms with Crippen LogP contribution in [0.15, 0.2) is 109 Å². The van der Waals surface area contributed by atoms with Crippen LogP contribution >= 0.6 is 0 Å². The summed E-state index contributed by atoms with van der Waals surface area (Å²) in [6.07, 6.45) is 10.3. The van der Waals surface area contributed by atoms with Gasteiger partial charge in [0.1, 0.15) is 0 Å². The molecule has 2 aromatic heterocycles. The van der Waals surface area contributed by atoms with Crippen molar-refractivity contribution in [1.29, 1.82) is 0 Å². The molecule has 0 aliphatic carbocycles.